The molecule has 4 nitrogen and oxygen atoms in total. The van der Waals surface area contributed by atoms with E-state index in [2.05, 4.69) is 15.5 Å². The van der Waals surface area contributed by atoms with Crippen LogP contribution in [-0.4, -0.2) is 18.3 Å². The molecule has 19 heavy (non-hydrogen) atoms. The molecule has 100 valence electrons. The lowest BCUT2D eigenvalue weighted by atomic mass is 10.2. The van der Waals surface area contributed by atoms with Gasteiger partial charge in [-0.25, -0.2) is 13.8 Å². The van der Waals surface area contributed by atoms with Crippen LogP contribution in [0.2, 0.25) is 0 Å². The van der Waals surface area contributed by atoms with Crippen molar-refractivity contribution in [3.05, 3.63) is 40.4 Å². The minimum absolute atomic E-state index is 0.0535. The predicted molar refractivity (Wildman–Crippen MR) is 71.0 cm³/mol. The normalized spacial score (nSPS) is 10.9. The van der Waals surface area contributed by atoms with Crippen LogP contribution in [0, 0.1) is 18.6 Å². The van der Waals surface area contributed by atoms with E-state index in [1.54, 1.807) is 0 Å². The molecule has 0 amide bonds. The molecule has 0 aliphatic rings. The number of nitrogens with one attached hydrogen (secondary N) is 1. The van der Waals surface area contributed by atoms with Crippen molar-refractivity contribution in [2.24, 2.45) is 5.10 Å². The second-order valence-electron chi connectivity index (χ2n) is 3.67. The van der Waals surface area contributed by atoms with E-state index >= 15 is 0 Å². The van der Waals surface area contributed by atoms with Gasteiger partial charge in [0.2, 0.25) is 5.13 Å². The summed E-state index contributed by atoms with van der Waals surface area (Å²) in [6, 6.07) is 1.90. The summed E-state index contributed by atoms with van der Waals surface area (Å²) < 4.78 is 31.4. The first-order chi connectivity index (χ1) is 9.10. The van der Waals surface area contributed by atoms with Crippen LogP contribution in [0.4, 0.5) is 13.9 Å². The second-order valence-corrected chi connectivity index (χ2v) is 4.53. The third-order valence-corrected chi connectivity index (χ3v) is 3.09. The Morgan fingerprint density at radius 2 is 2.21 bits per heavy atom. The molecule has 0 saturated carbocycles. The van der Waals surface area contributed by atoms with E-state index < -0.39 is 11.6 Å². The number of anilines is 1. The zero-order valence-electron chi connectivity index (χ0n) is 10.3. The first-order valence-corrected chi connectivity index (χ1v) is 6.22. The lowest BCUT2D eigenvalue weighted by molar-refractivity contribution is 0.383. The average Bonchev–Trinajstić information content (AvgIpc) is 2.74. The van der Waals surface area contributed by atoms with Crippen molar-refractivity contribution >= 4 is 22.7 Å². The number of rotatable bonds is 4. The minimum atomic E-state index is -0.769. The fourth-order valence-corrected chi connectivity index (χ4v) is 2.09. The molecule has 0 atom stereocenters. The van der Waals surface area contributed by atoms with Crippen molar-refractivity contribution < 1.29 is 13.5 Å². The minimum Gasteiger partial charge on any atom is -0.493 e. The molecule has 0 aliphatic heterocycles. The third kappa shape index (κ3) is 3.25. The lowest BCUT2D eigenvalue weighted by Crippen LogP contribution is -1.98. The van der Waals surface area contributed by atoms with Crippen LogP contribution >= 0.6 is 11.3 Å². The van der Waals surface area contributed by atoms with Gasteiger partial charge < -0.3 is 4.74 Å². The number of ether oxygens (including phenoxy) is 1. The number of aromatic nitrogens is 1. The molecule has 0 spiro atoms. The predicted octanol–water partition coefficient (Wildman–Crippen LogP) is 3.18. The van der Waals surface area contributed by atoms with Gasteiger partial charge in [-0.2, -0.15) is 5.10 Å². The fraction of sp³-hybridized carbons (Fsp3) is 0.167. The van der Waals surface area contributed by atoms with Crippen molar-refractivity contribution in [1.82, 2.24) is 4.98 Å². The Bertz CT molecular complexity index is 613. The van der Waals surface area contributed by atoms with Crippen molar-refractivity contribution in [3.63, 3.8) is 0 Å². The summed E-state index contributed by atoms with van der Waals surface area (Å²) in [5.74, 6) is -1.51. The zero-order chi connectivity index (χ0) is 13.8. The molecule has 1 N–H and O–H groups in total. The Balaban J connectivity index is 2.18. The molecule has 0 aliphatic carbocycles. The Morgan fingerprint density at radius 3 is 2.84 bits per heavy atom. The molecule has 0 fully saturated rings. The smallest absolute Gasteiger partial charge is 0.203 e. The molecular formula is C12H11F2N3OS. The summed E-state index contributed by atoms with van der Waals surface area (Å²) in [7, 11) is 1.31. The van der Waals surface area contributed by atoms with Gasteiger partial charge in [-0.1, -0.05) is 0 Å². The molecule has 7 heteroatoms. The maximum Gasteiger partial charge on any atom is 0.203 e. The Hall–Kier alpha value is -2.02. The van der Waals surface area contributed by atoms with Crippen molar-refractivity contribution in [2.75, 3.05) is 12.5 Å². The van der Waals surface area contributed by atoms with Gasteiger partial charge in [-0.05, 0) is 13.0 Å². The topological polar surface area (TPSA) is 46.5 Å². The molecule has 0 unspecified atom stereocenters. The highest BCUT2D eigenvalue weighted by atomic mass is 32.1. The third-order valence-electron chi connectivity index (χ3n) is 2.22. The fourth-order valence-electron chi connectivity index (χ4n) is 1.45. The maximum atomic E-state index is 13.4. The van der Waals surface area contributed by atoms with E-state index in [1.807, 2.05) is 12.3 Å². The lowest BCUT2D eigenvalue weighted by Gasteiger charge is -2.05. The van der Waals surface area contributed by atoms with Gasteiger partial charge in [0.05, 0.1) is 19.0 Å². The Labute approximate surface area is 112 Å². The standard InChI is InChI=1S/C12H11F2N3OS/c1-7-6-19-12(16-7)17-15-5-8-3-9(13)4-10(14)11(8)18-2/h3-6H,1-2H3,(H,16,17). The van der Waals surface area contributed by atoms with E-state index in [9.17, 15) is 8.78 Å². The highest BCUT2D eigenvalue weighted by Crippen LogP contribution is 2.22. The van der Waals surface area contributed by atoms with Crippen LogP contribution in [0.25, 0.3) is 0 Å². The van der Waals surface area contributed by atoms with Crippen LogP contribution in [-0.2, 0) is 0 Å². The number of thiazole rings is 1. The van der Waals surface area contributed by atoms with Gasteiger partial charge in [-0.15, -0.1) is 11.3 Å². The number of hydrogen-bond donors (Lipinski definition) is 1. The number of aryl methyl sites for hydroxylation is 1. The van der Waals surface area contributed by atoms with Crippen LogP contribution in [0.1, 0.15) is 11.3 Å². The van der Waals surface area contributed by atoms with E-state index in [0.717, 1.165) is 17.8 Å². The molecule has 1 heterocycles. The highest BCUT2D eigenvalue weighted by molar-refractivity contribution is 7.13. The number of halogens is 2. The summed E-state index contributed by atoms with van der Waals surface area (Å²) in [6.45, 7) is 1.86. The summed E-state index contributed by atoms with van der Waals surface area (Å²) in [5.41, 5.74) is 3.76. The Morgan fingerprint density at radius 1 is 1.42 bits per heavy atom. The number of nitrogens with zero attached hydrogens (tertiary/aromatic N) is 2. The summed E-state index contributed by atoms with van der Waals surface area (Å²) in [5, 5.41) is 6.34. The van der Waals surface area contributed by atoms with Gasteiger partial charge in [0.1, 0.15) is 5.82 Å². The van der Waals surface area contributed by atoms with E-state index in [1.165, 1.54) is 24.7 Å². The molecule has 0 saturated heterocycles. The maximum absolute atomic E-state index is 13.4. The molecule has 2 aromatic rings. The number of hydrogen-bond acceptors (Lipinski definition) is 5. The van der Waals surface area contributed by atoms with E-state index in [-0.39, 0.29) is 11.3 Å². The molecule has 1 aromatic heterocycles. The van der Waals surface area contributed by atoms with Crippen molar-refractivity contribution in [1.29, 1.82) is 0 Å². The second kappa shape index (κ2) is 5.75. The largest absolute Gasteiger partial charge is 0.493 e. The van der Waals surface area contributed by atoms with Crippen LogP contribution in [0.3, 0.4) is 0 Å². The van der Waals surface area contributed by atoms with Crippen LogP contribution in [0.15, 0.2) is 22.6 Å². The van der Waals surface area contributed by atoms with Gasteiger partial charge in [0.25, 0.3) is 0 Å². The quantitative estimate of drug-likeness (QED) is 0.692. The number of methoxy groups -OCH3 is 1. The van der Waals surface area contributed by atoms with E-state index in [4.69, 9.17) is 4.74 Å². The number of benzene rings is 1. The SMILES string of the molecule is COc1c(F)cc(F)cc1C=NNc1nc(C)cs1. The molecule has 1 aromatic carbocycles. The molecule has 0 bridgehead atoms. The average molecular weight is 283 g/mol. The Kier molecular flexibility index (Phi) is 4.06. The molecular weight excluding hydrogens is 272 g/mol. The first-order valence-electron chi connectivity index (χ1n) is 5.34. The number of hydrazone groups is 1. The zero-order valence-corrected chi connectivity index (χ0v) is 11.1. The van der Waals surface area contributed by atoms with Gasteiger partial charge >= 0.3 is 0 Å². The van der Waals surface area contributed by atoms with Crippen molar-refractivity contribution in [3.8, 4) is 5.75 Å². The van der Waals surface area contributed by atoms with Gasteiger partial charge in [-0.3, -0.25) is 5.43 Å². The highest BCUT2D eigenvalue weighted by Gasteiger charge is 2.10. The van der Waals surface area contributed by atoms with Crippen molar-refractivity contribution in [2.45, 2.75) is 6.92 Å². The summed E-state index contributed by atoms with van der Waals surface area (Å²) >= 11 is 1.39. The van der Waals surface area contributed by atoms with Gasteiger partial charge in [0.15, 0.2) is 11.6 Å². The van der Waals surface area contributed by atoms with Gasteiger partial charge in [0, 0.05) is 17.0 Å². The van der Waals surface area contributed by atoms with Crippen LogP contribution in [0.5, 0.6) is 5.75 Å². The summed E-state index contributed by atoms with van der Waals surface area (Å²) in [6.07, 6.45) is 1.28. The first kappa shape index (κ1) is 13.4. The summed E-state index contributed by atoms with van der Waals surface area (Å²) in [4.78, 5) is 4.13. The van der Waals surface area contributed by atoms with E-state index in [0.29, 0.717) is 5.13 Å². The molecule has 0 radical (unpaired) electrons. The molecule has 2 rings (SSSR count). The monoisotopic (exact) mass is 283 g/mol. The van der Waals surface area contributed by atoms with Crippen LogP contribution < -0.4 is 10.2 Å².